The Labute approximate surface area is 87.7 Å². The molecule has 0 N–H and O–H groups in total. The number of para-hydroxylation sites is 1. The van der Waals surface area contributed by atoms with Crippen LogP contribution in [0.1, 0.15) is 17.4 Å². The third-order valence-corrected chi connectivity index (χ3v) is 2.12. The van der Waals surface area contributed by atoms with E-state index in [1.165, 1.54) is 0 Å². The van der Waals surface area contributed by atoms with Crippen molar-refractivity contribution in [2.24, 2.45) is 0 Å². The smallest absolute Gasteiger partial charge is 0.168 e. The number of carbonyl (C=O) groups excluding carboxylic acids is 1. The Bertz CT molecular complexity index is 494. The Morgan fingerprint density at radius 2 is 2.20 bits per heavy atom. The maximum absolute atomic E-state index is 10.7. The number of carbonyl (C=O) groups is 1. The van der Waals surface area contributed by atoms with Crippen molar-refractivity contribution in [2.75, 3.05) is 6.61 Å². The molecule has 3 heteroatoms. The number of pyridine rings is 1. The lowest BCUT2D eigenvalue weighted by atomic mass is 10.2. The standard InChI is InChI=1S/C12H11NO2/c1-2-15-12-7-9(8-14)13-11-6-4-3-5-10(11)12/h3-8H,2H2,1H3. The number of aldehydes is 1. The number of nitrogens with zero attached hydrogens (tertiary/aromatic N) is 1. The van der Waals surface area contributed by atoms with Gasteiger partial charge in [0.25, 0.3) is 0 Å². The average Bonchev–Trinajstić information content (AvgIpc) is 2.29. The minimum absolute atomic E-state index is 0.400. The van der Waals surface area contributed by atoms with E-state index in [1.807, 2.05) is 31.2 Å². The van der Waals surface area contributed by atoms with Gasteiger partial charge >= 0.3 is 0 Å². The van der Waals surface area contributed by atoms with Crippen LogP contribution in [0, 0.1) is 0 Å². The molecule has 2 rings (SSSR count). The van der Waals surface area contributed by atoms with Crippen molar-refractivity contribution in [1.82, 2.24) is 4.98 Å². The lowest BCUT2D eigenvalue weighted by Crippen LogP contribution is -1.96. The third-order valence-electron chi connectivity index (χ3n) is 2.12. The second kappa shape index (κ2) is 4.09. The van der Waals surface area contributed by atoms with Gasteiger partial charge in [0, 0.05) is 11.5 Å². The number of rotatable bonds is 3. The highest BCUT2D eigenvalue weighted by Crippen LogP contribution is 2.24. The molecule has 1 aromatic carbocycles. The van der Waals surface area contributed by atoms with Gasteiger partial charge in [0.2, 0.25) is 0 Å². The van der Waals surface area contributed by atoms with Crippen LogP contribution in [0.2, 0.25) is 0 Å². The summed E-state index contributed by atoms with van der Waals surface area (Å²) in [7, 11) is 0. The molecule has 76 valence electrons. The molecule has 15 heavy (non-hydrogen) atoms. The minimum atomic E-state index is 0.400. The molecule has 0 radical (unpaired) electrons. The molecule has 0 aliphatic rings. The van der Waals surface area contributed by atoms with Gasteiger partial charge in [-0.25, -0.2) is 4.98 Å². The van der Waals surface area contributed by atoms with Crippen molar-refractivity contribution in [3.05, 3.63) is 36.0 Å². The van der Waals surface area contributed by atoms with Crippen LogP contribution in [0.25, 0.3) is 10.9 Å². The van der Waals surface area contributed by atoms with E-state index in [2.05, 4.69) is 4.98 Å². The third kappa shape index (κ3) is 1.81. The van der Waals surface area contributed by atoms with E-state index < -0.39 is 0 Å². The predicted octanol–water partition coefficient (Wildman–Crippen LogP) is 2.45. The molecular weight excluding hydrogens is 190 g/mol. The fourth-order valence-electron chi connectivity index (χ4n) is 1.50. The quantitative estimate of drug-likeness (QED) is 0.716. The first-order valence-corrected chi connectivity index (χ1v) is 4.83. The molecular formula is C12H11NO2. The normalized spacial score (nSPS) is 10.2. The Kier molecular flexibility index (Phi) is 2.63. The summed E-state index contributed by atoms with van der Waals surface area (Å²) in [6, 6.07) is 9.28. The zero-order valence-corrected chi connectivity index (χ0v) is 8.43. The first kappa shape index (κ1) is 9.65. The van der Waals surface area contributed by atoms with Crippen molar-refractivity contribution in [1.29, 1.82) is 0 Å². The molecule has 0 aliphatic heterocycles. The summed E-state index contributed by atoms with van der Waals surface area (Å²) in [6.07, 6.45) is 0.731. The Balaban J connectivity index is 2.68. The summed E-state index contributed by atoms with van der Waals surface area (Å²) in [5.41, 5.74) is 1.18. The number of aromatic nitrogens is 1. The van der Waals surface area contributed by atoms with Gasteiger partial charge in [0.1, 0.15) is 11.4 Å². The second-order valence-corrected chi connectivity index (χ2v) is 3.11. The van der Waals surface area contributed by atoms with Gasteiger partial charge in [-0.15, -0.1) is 0 Å². The summed E-state index contributed by atoms with van der Waals surface area (Å²) in [4.78, 5) is 14.9. The van der Waals surface area contributed by atoms with E-state index in [-0.39, 0.29) is 0 Å². The molecule has 0 fully saturated rings. The first-order chi connectivity index (χ1) is 7.35. The molecule has 0 spiro atoms. The zero-order chi connectivity index (χ0) is 10.7. The molecule has 0 amide bonds. The summed E-state index contributed by atoms with van der Waals surface area (Å²) in [5, 5.41) is 0.935. The lowest BCUT2D eigenvalue weighted by Gasteiger charge is -2.07. The Morgan fingerprint density at radius 3 is 2.93 bits per heavy atom. The van der Waals surface area contributed by atoms with E-state index in [9.17, 15) is 4.79 Å². The Hall–Kier alpha value is -1.90. The molecule has 0 bridgehead atoms. The number of ether oxygens (including phenoxy) is 1. The van der Waals surface area contributed by atoms with Gasteiger partial charge in [-0.2, -0.15) is 0 Å². The van der Waals surface area contributed by atoms with Crippen LogP contribution in [0.4, 0.5) is 0 Å². The topological polar surface area (TPSA) is 39.2 Å². The van der Waals surface area contributed by atoms with Crippen molar-refractivity contribution in [3.8, 4) is 5.75 Å². The monoisotopic (exact) mass is 201 g/mol. The molecule has 3 nitrogen and oxygen atoms in total. The van der Waals surface area contributed by atoms with Gasteiger partial charge in [0.05, 0.1) is 12.1 Å². The number of hydrogen-bond donors (Lipinski definition) is 0. The largest absolute Gasteiger partial charge is 0.493 e. The molecule has 0 aliphatic carbocycles. The van der Waals surface area contributed by atoms with Crippen LogP contribution in [0.3, 0.4) is 0 Å². The highest BCUT2D eigenvalue weighted by molar-refractivity contribution is 5.88. The molecule has 0 saturated carbocycles. The van der Waals surface area contributed by atoms with Crippen molar-refractivity contribution < 1.29 is 9.53 Å². The summed E-state index contributed by atoms with van der Waals surface area (Å²) >= 11 is 0. The van der Waals surface area contributed by atoms with Gasteiger partial charge in [-0.3, -0.25) is 4.79 Å². The van der Waals surface area contributed by atoms with Crippen LogP contribution in [0.15, 0.2) is 30.3 Å². The summed E-state index contributed by atoms with van der Waals surface area (Å²) in [5.74, 6) is 0.713. The van der Waals surface area contributed by atoms with Crippen LogP contribution in [-0.4, -0.2) is 17.9 Å². The fourth-order valence-corrected chi connectivity index (χ4v) is 1.50. The SMILES string of the molecule is CCOc1cc(C=O)nc2ccccc12. The molecule has 2 aromatic rings. The van der Waals surface area contributed by atoms with Crippen LogP contribution >= 0.6 is 0 Å². The van der Waals surface area contributed by atoms with Crippen molar-refractivity contribution in [3.63, 3.8) is 0 Å². The van der Waals surface area contributed by atoms with Gasteiger partial charge in [-0.05, 0) is 19.1 Å². The van der Waals surface area contributed by atoms with Crippen LogP contribution in [-0.2, 0) is 0 Å². The number of benzene rings is 1. The highest BCUT2D eigenvalue weighted by Gasteiger charge is 2.04. The number of fused-ring (bicyclic) bond motifs is 1. The highest BCUT2D eigenvalue weighted by atomic mass is 16.5. The first-order valence-electron chi connectivity index (χ1n) is 4.83. The second-order valence-electron chi connectivity index (χ2n) is 3.11. The van der Waals surface area contributed by atoms with Crippen molar-refractivity contribution in [2.45, 2.75) is 6.92 Å². The molecule has 1 heterocycles. The van der Waals surface area contributed by atoms with E-state index in [4.69, 9.17) is 4.74 Å². The number of hydrogen-bond acceptors (Lipinski definition) is 3. The minimum Gasteiger partial charge on any atom is -0.493 e. The Morgan fingerprint density at radius 1 is 1.40 bits per heavy atom. The summed E-state index contributed by atoms with van der Waals surface area (Å²) in [6.45, 7) is 2.49. The maximum Gasteiger partial charge on any atom is 0.168 e. The van der Waals surface area contributed by atoms with Crippen molar-refractivity contribution >= 4 is 17.2 Å². The molecule has 0 unspecified atom stereocenters. The van der Waals surface area contributed by atoms with Gasteiger partial charge in [0.15, 0.2) is 6.29 Å². The van der Waals surface area contributed by atoms with E-state index >= 15 is 0 Å². The molecule has 0 atom stereocenters. The zero-order valence-electron chi connectivity index (χ0n) is 8.43. The predicted molar refractivity (Wildman–Crippen MR) is 58.3 cm³/mol. The van der Waals surface area contributed by atoms with Crippen LogP contribution in [0.5, 0.6) is 5.75 Å². The van der Waals surface area contributed by atoms with Crippen LogP contribution < -0.4 is 4.74 Å². The van der Waals surface area contributed by atoms with Gasteiger partial charge in [-0.1, -0.05) is 12.1 Å². The molecule has 1 aromatic heterocycles. The van der Waals surface area contributed by atoms with E-state index in [1.54, 1.807) is 6.07 Å². The van der Waals surface area contributed by atoms with Gasteiger partial charge < -0.3 is 4.74 Å². The van der Waals surface area contributed by atoms with E-state index in [0.717, 1.165) is 17.2 Å². The summed E-state index contributed by atoms with van der Waals surface area (Å²) < 4.78 is 5.46. The maximum atomic E-state index is 10.7. The fraction of sp³-hybridized carbons (Fsp3) is 0.167. The lowest BCUT2D eigenvalue weighted by molar-refractivity contribution is 0.111. The molecule has 0 saturated heterocycles. The average molecular weight is 201 g/mol. The van der Waals surface area contributed by atoms with E-state index in [0.29, 0.717) is 18.1 Å².